The van der Waals surface area contributed by atoms with Crippen LogP contribution in [0.3, 0.4) is 0 Å². The summed E-state index contributed by atoms with van der Waals surface area (Å²) < 4.78 is 5.90. The van der Waals surface area contributed by atoms with Crippen LogP contribution in [0.5, 0.6) is 0 Å². The van der Waals surface area contributed by atoms with E-state index >= 15 is 0 Å². The van der Waals surface area contributed by atoms with E-state index in [1.54, 1.807) is 6.08 Å². The first kappa shape index (κ1) is 30.8. The lowest BCUT2D eigenvalue weighted by molar-refractivity contribution is -0.873. The first-order valence-electron chi connectivity index (χ1n) is 12.2. The van der Waals surface area contributed by atoms with Crippen molar-refractivity contribution in [1.82, 2.24) is 0 Å². The summed E-state index contributed by atoms with van der Waals surface area (Å²) in [7, 11) is 5.79. The fourth-order valence-electron chi connectivity index (χ4n) is 3.47. The van der Waals surface area contributed by atoms with Gasteiger partial charge in [0.2, 0.25) is 5.70 Å². The molecule has 8 nitrogen and oxygen atoms in total. The van der Waals surface area contributed by atoms with Crippen LogP contribution in [0.15, 0.2) is 23.9 Å². The van der Waals surface area contributed by atoms with Crippen LogP contribution in [0.4, 0.5) is 0 Å². The summed E-state index contributed by atoms with van der Waals surface area (Å²) >= 11 is 0. The lowest BCUT2D eigenvalue weighted by Crippen LogP contribution is -2.43. The first-order chi connectivity index (χ1) is 15.5. The summed E-state index contributed by atoms with van der Waals surface area (Å²) in [6, 6.07) is 0. The Hall–Kier alpha value is -2.22. The molecule has 0 aromatic heterocycles. The van der Waals surface area contributed by atoms with E-state index in [1.165, 1.54) is 12.8 Å². The van der Waals surface area contributed by atoms with Crippen molar-refractivity contribution in [1.29, 1.82) is 0 Å². The number of nitrogens with zero attached hydrogens (tertiary/aromatic N) is 2. The summed E-state index contributed by atoms with van der Waals surface area (Å²) in [4.78, 5) is 33.9. The Balaban J connectivity index is 4.07. The van der Waals surface area contributed by atoms with Gasteiger partial charge in [-0.2, -0.15) is 0 Å². The average Bonchev–Trinajstić information content (AvgIpc) is 2.68. The maximum Gasteiger partial charge on any atom is 0.307 e. The van der Waals surface area contributed by atoms with Crippen LogP contribution in [-0.2, 0) is 14.3 Å². The molecule has 0 aliphatic heterocycles. The molecule has 0 radical (unpaired) electrons. The number of allylic oxidation sites excluding steroid dienone is 3. The zero-order chi connectivity index (χ0) is 25.1. The molecule has 0 fully saturated rings. The van der Waals surface area contributed by atoms with Crippen molar-refractivity contribution < 1.29 is 28.8 Å². The summed E-state index contributed by atoms with van der Waals surface area (Å²) in [5, 5.41) is 20.2. The van der Waals surface area contributed by atoms with E-state index in [0.29, 0.717) is 30.3 Å². The monoisotopic (exact) mass is 469 g/mol. The number of quaternary nitrogens is 1. The van der Waals surface area contributed by atoms with Crippen LogP contribution in [0, 0.1) is 10.1 Å². The largest absolute Gasteiger partial charge is 0.481 e. The number of aliphatic carboxylic acids is 1. The second kappa shape index (κ2) is 18.2. The predicted molar refractivity (Wildman–Crippen MR) is 130 cm³/mol. The van der Waals surface area contributed by atoms with Crippen molar-refractivity contribution in [2.45, 2.75) is 96.5 Å². The average molecular weight is 470 g/mol. The molecule has 8 heteroatoms. The van der Waals surface area contributed by atoms with Crippen molar-refractivity contribution in [3.8, 4) is 0 Å². The van der Waals surface area contributed by atoms with Gasteiger partial charge in [-0.25, -0.2) is 0 Å². The molecule has 0 saturated carbocycles. The summed E-state index contributed by atoms with van der Waals surface area (Å²) in [5.74, 6) is -1.32. The molecule has 0 aliphatic rings. The standard InChI is InChI=1S/C25H44N2O6/c1-5-6-7-8-11-14-17-22(26(31)32)18-15-12-9-10-13-16-19-25(30)33-23(20-24(28)29)21-27(2,3)4/h11,14,18,23H,5-10,12-13,15-17,19-21H2,1-4H3/p+1/b14-11+,22-18-. The molecule has 0 amide bonds. The van der Waals surface area contributed by atoms with Crippen LogP contribution in [-0.4, -0.2) is 60.2 Å². The number of carboxylic acids is 1. The third-order valence-corrected chi connectivity index (χ3v) is 5.12. The molecule has 0 saturated heterocycles. The summed E-state index contributed by atoms with van der Waals surface area (Å²) in [6.07, 6.45) is 15.0. The van der Waals surface area contributed by atoms with E-state index in [-0.39, 0.29) is 29.4 Å². The summed E-state index contributed by atoms with van der Waals surface area (Å²) in [5.41, 5.74) is 0.259. The molecule has 0 rings (SSSR count). The molecular formula is C25H45N2O6+. The van der Waals surface area contributed by atoms with Gasteiger partial charge in [-0.05, 0) is 38.2 Å². The Morgan fingerprint density at radius 2 is 1.64 bits per heavy atom. The molecule has 0 aromatic rings. The second-order valence-corrected chi connectivity index (χ2v) is 9.61. The number of esters is 1. The van der Waals surface area contributed by atoms with E-state index in [2.05, 4.69) is 6.92 Å². The Labute approximate surface area is 199 Å². The number of rotatable bonds is 20. The van der Waals surface area contributed by atoms with Crippen molar-refractivity contribution >= 4 is 11.9 Å². The third kappa shape index (κ3) is 20.1. The molecule has 190 valence electrons. The highest BCUT2D eigenvalue weighted by molar-refractivity contribution is 5.71. The maximum absolute atomic E-state index is 12.1. The maximum atomic E-state index is 12.1. The van der Waals surface area contributed by atoms with Gasteiger partial charge in [0, 0.05) is 6.42 Å². The van der Waals surface area contributed by atoms with Crippen LogP contribution in [0.1, 0.15) is 90.4 Å². The van der Waals surface area contributed by atoms with Gasteiger partial charge >= 0.3 is 11.9 Å². The number of hydrogen-bond acceptors (Lipinski definition) is 5. The number of carbonyl (C=O) groups excluding carboxylic acids is 1. The predicted octanol–water partition coefficient (Wildman–Crippen LogP) is 5.50. The summed E-state index contributed by atoms with van der Waals surface area (Å²) in [6.45, 7) is 2.60. The van der Waals surface area contributed by atoms with Crippen molar-refractivity contribution in [3.05, 3.63) is 34.0 Å². The van der Waals surface area contributed by atoms with Gasteiger partial charge in [-0.1, -0.05) is 51.2 Å². The molecule has 0 aliphatic carbocycles. The van der Waals surface area contributed by atoms with Gasteiger partial charge in [-0.3, -0.25) is 19.7 Å². The van der Waals surface area contributed by atoms with Crippen molar-refractivity contribution in [3.63, 3.8) is 0 Å². The number of unbranched alkanes of at least 4 members (excludes halogenated alkanes) is 8. The highest BCUT2D eigenvalue weighted by Gasteiger charge is 2.24. The number of carboxylic acid groups (broad SMARTS) is 1. The van der Waals surface area contributed by atoms with Gasteiger partial charge in [-0.15, -0.1) is 0 Å². The van der Waals surface area contributed by atoms with E-state index in [9.17, 15) is 19.7 Å². The number of hydrogen-bond donors (Lipinski definition) is 1. The topological polar surface area (TPSA) is 107 Å². The molecule has 0 bridgehead atoms. The van der Waals surface area contributed by atoms with Gasteiger partial charge in [0.05, 0.1) is 38.9 Å². The number of ether oxygens (including phenoxy) is 1. The number of likely N-dealkylation sites (N-methyl/N-ethyl adjacent to an activating group) is 1. The quantitative estimate of drug-likeness (QED) is 0.0630. The van der Waals surface area contributed by atoms with E-state index in [1.807, 2.05) is 33.3 Å². The number of carbonyl (C=O) groups is 2. The molecule has 1 unspecified atom stereocenters. The van der Waals surface area contributed by atoms with Crippen molar-refractivity contribution in [2.24, 2.45) is 0 Å². The highest BCUT2D eigenvalue weighted by atomic mass is 16.6. The minimum atomic E-state index is -0.974. The smallest absolute Gasteiger partial charge is 0.307 e. The Kier molecular flexibility index (Phi) is 17.0. The zero-order valence-electron chi connectivity index (χ0n) is 21.1. The second-order valence-electron chi connectivity index (χ2n) is 9.61. The molecule has 1 atom stereocenters. The lowest BCUT2D eigenvalue weighted by atomic mass is 10.1. The van der Waals surface area contributed by atoms with Gasteiger partial charge in [0.25, 0.3) is 0 Å². The lowest BCUT2D eigenvalue weighted by Gasteiger charge is -2.28. The molecule has 0 spiro atoms. The van der Waals surface area contributed by atoms with Crippen LogP contribution < -0.4 is 0 Å². The SMILES string of the molecule is CCCCC/C=C/C/C(=C/CCCCCCCC(=O)OC(CC(=O)O)C[N+](C)(C)C)[N+](=O)[O-]. The van der Waals surface area contributed by atoms with Gasteiger partial charge < -0.3 is 14.3 Å². The third-order valence-electron chi connectivity index (χ3n) is 5.12. The Bertz CT molecular complexity index is 637. The Morgan fingerprint density at radius 3 is 2.24 bits per heavy atom. The fourth-order valence-corrected chi connectivity index (χ4v) is 3.47. The van der Waals surface area contributed by atoms with Crippen molar-refractivity contribution in [2.75, 3.05) is 27.7 Å². The molecule has 0 aromatic carbocycles. The van der Waals surface area contributed by atoms with Gasteiger partial charge in [0.1, 0.15) is 6.54 Å². The fraction of sp³-hybridized carbons (Fsp3) is 0.760. The zero-order valence-corrected chi connectivity index (χ0v) is 21.1. The molecular weight excluding hydrogens is 424 g/mol. The first-order valence-corrected chi connectivity index (χ1v) is 12.2. The van der Waals surface area contributed by atoms with E-state index in [0.717, 1.165) is 38.5 Å². The minimum absolute atomic E-state index is 0.185. The normalized spacial score (nSPS) is 13.3. The van der Waals surface area contributed by atoms with Crippen LogP contribution in [0.25, 0.3) is 0 Å². The molecule has 1 N–H and O–H groups in total. The highest BCUT2D eigenvalue weighted by Crippen LogP contribution is 2.13. The molecule has 33 heavy (non-hydrogen) atoms. The Morgan fingerprint density at radius 1 is 1.00 bits per heavy atom. The van der Waals surface area contributed by atoms with Gasteiger partial charge in [0.15, 0.2) is 6.10 Å². The van der Waals surface area contributed by atoms with Crippen LogP contribution >= 0.6 is 0 Å². The minimum Gasteiger partial charge on any atom is -0.481 e. The molecule has 0 heterocycles. The number of nitro groups is 1. The van der Waals surface area contributed by atoms with Crippen LogP contribution in [0.2, 0.25) is 0 Å². The van der Waals surface area contributed by atoms with E-state index < -0.39 is 12.1 Å². The van der Waals surface area contributed by atoms with E-state index in [4.69, 9.17) is 9.84 Å².